The van der Waals surface area contributed by atoms with E-state index in [0.29, 0.717) is 6.73 Å². The molecule has 1 saturated heterocycles. The molecule has 0 saturated carbocycles. The lowest BCUT2D eigenvalue weighted by molar-refractivity contribution is -0.119. The van der Waals surface area contributed by atoms with E-state index in [4.69, 9.17) is 4.74 Å². The van der Waals surface area contributed by atoms with E-state index in [2.05, 4.69) is 10.5 Å². The van der Waals surface area contributed by atoms with Crippen molar-refractivity contribution in [3.8, 4) is 0 Å². The fourth-order valence-corrected chi connectivity index (χ4v) is 0.617. The van der Waals surface area contributed by atoms with Gasteiger partial charge in [-0.25, -0.2) is 0 Å². The summed E-state index contributed by atoms with van der Waals surface area (Å²) in [5, 5.41) is 4.88. The highest BCUT2D eigenvalue weighted by atomic mass is 16.5. The average Bonchev–Trinajstić information content (AvgIpc) is 2.37. The van der Waals surface area contributed by atoms with Crippen molar-refractivity contribution in [3.63, 3.8) is 0 Å². The number of nitrogens with zero attached hydrogens (tertiary/aromatic N) is 1. The van der Waals surface area contributed by atoms with Crippen molar-refractivity contribution in [2.75, 3.05) is 13.3 Å². The Labute approximate surface area is 51.3 Å². The van der Waals surface area contributed by atoms with Crippen LogP contribution in [-0.2, 0) is 9.53 Å². The highest BCUT2D eigenvalue weighted by molar-refractivity contribution is 5.82. The first-order valence-corrected chi connectivity index (χ1v) is 2.53. The molecule has 50 valence electrons. The van der Waals surface area contributed by atoms with Gasteiger partial charge in [-0.05, 0) is 0 Å². The molecule has 1 unspecified atom stereocenters. The lowest BCUT2D eigenvalue weighted by Crippen LogP contribution is -2.31. The first kappa shape index (κ1) is 6.31. The zero-order valence-corrected chi connectivity index (χ0v) is 4.66. The molecule has 5 nitrogen and oxygen atoms in total. The van der Waals surface area contributed by atoms with Crippen molar-refractivity contribution >= 4 is 5.91 Å². The van der Waals surface area contributed by atoms with Crippen molar-refractivity contribution in [2.45, 2.75) is 6.04 Å². The molecule has 9 heavy (non-hydrogen) atoms. The summed E-state index contributed by atoms with van der Waals surface area (Å²) in [5.41, 5.74) is 0. The molecule has 1 heterocycles. The molecule has 0 aromatic heterocycles. The van der Waals surface area contributed by atoms with Gasteiger partial charge in [-0.15, -0.1) is 4.91 Å². The van der Waals surface area contributed by atoms with E-state index in [1.807, 2.05) is 0 Å². The van der Waals surface area contributed by atoms with Crippen molar-refractivity contribution in [3.05, 3.63) is 4.91 Å². The minimum Gasteiger partial charge on any atom is -0.364 e. The second-order valence-corrected chi connectivity index (χ2v) is 1.70. The molecule has 1 N–H and O–H groups in total. The molecular formula is C4H6N2O3. The third kappa shape index (κ3) is 1.30. The van der Waals surface area contributed by atoms with Crippen LogP contribution in [0.15, 0.2) is 5.18 Å². The Kier molecular flexibility index (Phi) is 1.86. The van der Waals surface area contributed by atoms with Gasteiger partial charge in [0.2, 0.25) is 0 Å². The molecule has 0 aliphatic carbocycles. The lowest BCUT2D eigenvalue weighted by Gasteiger charge is -1.96. The Morgan fingerprint density at radius 1 is 1.78 bits per heavy atom. The van der Waals surface area contributed by atoms with Crippen LogP contribution in [-0.4, -0.2) is 25.3 Å². The monoisotopic (exact) mass is 130 g/mol. The summed E-state index contributed by atoms with van der Waals surface area (Å²) in [4.78, 5) is 20.0. The molecule has 1 rings (SSSR count). The molecule has 0 aromatic rings. The molecule has 1 aliphatic rings. The van der Waals surface area contributed by atoms with Crippen LogP contribution in [0.25, 0.3) is 0 Å². The van der Waals surface area contributed by atoms with E-state index in [-0.39, 0.29) is 6.61 Å². The number of ether oxygens (including phenoxy) is 1. The maximum absolute atomic E-state index is 10.4. The van der Waals surface area contributed by atoms with E-state index < -0.39 is 11.9 Å². The summed E-state index contributed by atoms with van der Waals surface area (Å²) in [6, 6.07) is -0.512. The maximum Gasteiger partial charge on any atom is 0.305 e. The third-order valence-electron chi connectivity index (χ3n) is 1.10. The number of nitrogens with one attached hydrogen (secondary N) is 1. The number of carbonyl (C=O) groups is 1. The summed E-state index contributed by atoms with van der Waals surface area (Å²) in [6.45, 7) is 0.580. The fourth-order valence-electron chi connectivity index (χ4n) is 0.617. The first-order chi connectivity index (χ1) is 4.34. The first-order valence-electron chi connectivity index (χ1n) is 2.53. The van der Waals surface area contributed by atoms with Crippen molar-refractivity contribution in [2.24, 2.45) is 5.18 Å². The number of hydrogen-bond acceptors (Lipinski definition) is 4. The molecule has 0 radical (unpaired) electrons. The Hall–Kier alpha value is -0.810. The van der Waals surface area contributed by atoms with Gasteiger partial charge < -0.3 is 4.74 Å². The normalized spacial score (nSPS) is 26.0. The van der Waals surface area contributed by atoms with Crippen molar-refractivity contribution in [1.82, 2.24) is 5.32 Å². The summed E-state index contributed by atoms with van der Waals surface area (Å²) in [6.07, 6.45) is 0. The zero-order chi connectivity index (χ0) is 6.69. The summed E-state index contributed by atoms with van der Waals surface area (Å²) in [5.74, 6) is -0.687. The minimum absolute atomic E-state index is 0.255. The van der Waals surface area contributed by atoms with E-state index in [9.17, 15) is 9.70 Å². The van der Waals surface area contributed by atoms with Crippen LogP contribution in [0.3, 0.4) is 0 Å². The summed E-state index contributed by atoms with van der Waals surface area (Å²) < 4.78 is 4.75. The number of carbonyl (C=O) groups excluding carboxylic acids is 1. The van der Waals surface area contributed by atoms with Crippen LogP contribution >= 0.6 is 0 Å². The van der Waals surface area contributed by atoms with E-state index in [1.165, 1.54) is 0 Å². The van der Waals surface area contributed by atoms with Gasteiger partial charge in [0, 0.05) is 5.18 Å². The van der Waals surface area contributed by atoms with Crippen LogP contribution < -0.4 is 5.32 Å². The number of nitroso groups, excluding NO2 is 1. The summed E-state index contributed by atoms with van der Waals surface area (Å²) >= 11 is 0. The Morgan fingerprint density at radius 2 is 2.56 bits per heavy atom. The molecule has 0 aromatic carbocycles. The Bertz CT molecular complexity index is 130. The minimum atomic E-state index is -0.687. The van der Waals surface area contributed by atoms with Crippen molar-refractivity contribution in [1.29, 1.82) is 0 Å². The molecule has 0 spiro atoms. The highest BCUT2D eigenvalue weighted by Crippen LogP contribution is 1.95. The predicted molar refractivity (Wildman–Crippen MR) is 28.5 cm³/mol. The van der Waals surface area contributed by atoms with Gasteiger partial charge in [-0.3, -0.25) is 10.1 Å². The predicted octanol–water partition coefficient (Wildman–Crippen LogP) is -0.775. The van der Waals surface area contributed by atoms with Gasteiger partial charge in [0.25, 0.3) is 0 Å². The van der Waals surface area contributed by atoms with Crippen LogP contribution in [0.4, 0.5) is 0 Å². The van der Waals surface area contributed by atoms with E-state index in [0.717, 1.165) is 0 Å². The van der Waals surface area contributed by atoms with Crippen LogP contribution in [0, 0.1) is 4.91 Å². The van der Waals surface area contributed by atoms with Crippen molar-refractivity contribution < 1.29 is 9.53 Å². The van der Waals surface area contributed by atoms with Gasteiger partial charge >= 0.3 is 5.91 Å². The van der Waals surface area contributed by atoms with Gasteiger partial charge in [0.05, 0.1) is 13.3 Å². The quantitative estimate of drug-likeness (QED) is 0.473. The van der Waals surface area contributed by atoms with Gasteiger partial charge in [-0.2, -0.15) is 0 Å². The second kappa shape index (κ2) is 2.65. The SMILES string of the molecule is O=NC(=O)C1COCN1. The molecular weight excluding hydrogens is 124 g/mol. The van der Waals surface area contributed by atoms with Crippen LogP contribution in [0.2, 0.25) is 0 Å². The zero-order valence-electron chi connectivity index (χ0n) is 4.66. The largest absolute Gasteiger partial charge is 0.364 e. The Morgan fingerprint density at radius 3 is 3.00 bits per heavy atom. The molecule has 1 amide bonds. The average molecular weight is 130 g/mol. The fraction of sp³-hybridized carbons (Fsp3) is 0.750. The maximum atomic E-state index is 10.4. The molecule has 1 atom stereocenters. The topological polar surface area (TPSA) is 67.8 Å². The second-order valence-electron chi connectivity index (χ2n) is 1.70. The Balaban J connectivity index is 2.41. The van der Waals surface area contributed by atoms with Gasteiger partial charge in [0.1, 0.15) is 6.04 Å². The third-order valence-corrected chi connectivity index (χ3v) is 1.10. The number of rotatable bonds is 1. The smallest absolute Gasteiger partial charge is 0.305 e. The van der Waals surface area contributed by atoms with E-state index >= 15 is 0 Å². The molecule has 5 heteroatoms. The molecule has 1 fully saturated rings. The van der Waals surface area contributed by atoms with Gasteiger partial charge in [0.15, 0.2) is 0 Å². The number of amides is 1. The van der Waals surface area contributed by atoms with Crippen LogP contribution in [0.1, 0.15) is 0 Å². The van der Waals surface area contributed by atoms with E-state index in [1.54, 1.807) is 0 Å². The standard InChI is InChI=1S/C4H6N2O3/c7-4(6-8)3-1-9-2-5-3/h3,5H,1-2H2. The van der Waals surface area contributed by atoms with Gasteiger partial charge in [-0.1, -0.05) is 0 Å². The highest BCUT2D eigenvalue weighted by Gasteiger charge is 2.22. The lowest BCUT2D eigenvalue weighted by atomic mass is 10.3. The number of hydrogen-bond donors (Lipinski definition) is 1. The summed E-state index contributed by atoms with van der Waals surface area (Å²) in [7, 11) is 0. The molecule has 0 bridgehead atoms. The van der Waals surface area contributed by atoms with Crippen LogP contribution in [0.5, 0.6) is 0 Å². The molecule has 1 aliphatic heterocycles.